The van der Waals surface area contributed by atoms with Crippen LogP contribution in [0.1, 0.15) is 49.5 Å². The lowest BCUT2D eigenvalue weighted by Crippen LogP contribution is -2.23. The van der Waals surface area contributed by atoms with Crippen molar-refractivity contribution in [3.05, 3.63) is 47.7 Å². The van der Waals surface area contributed by atoms with Crippen molar-refractivity contribution >= 4 is 5.97 Å². The highest BCUT2D eigenvalue weighted by molar-refractivity contribution is 5.89. The van der Waals surface area contributed by atoms with Crippen molar-refractivity contribution in [1.29, 1.82) is 0 Å². The number of rotatable bonds is 6. The van der Waals surface area contributed by atoms with Crippen LogP contribution in [0.5, 0.6) is 0 Å². The highest BCUT2D eigenvalue weighted by atomic mass is 16.6. The van der Waals surface area contributed by atoms with Gasteiger partial charge in [0, 0.05) is 0 Å². The predicted octanol–water partition coefficient (Wildman–Crippen LogP) is 4.12. The molecule has 0 unspecified atom stereocenters. The second-order valence-electron chi connectivity index (χ2n) is 5.70. The van der Waals surface area contributed by atoms with E-state index in [0.29, 0.717) is 5.56 Å². The standard InChI is InChI=1S/C17H24O3/c1-17(2,3)20-16(18)15-11-9-14(10-12-15)8-6-5-7-13-19-4/h7,9-13H,5-6,8H2,1-4H3/b13-7-. The number of unbranched alkanes of at least 4 members (excludes halogenated alkanes) is 1. The quantitative estimate of drug-likeness (QED) is 0.445. The zero-order valence-electron chi connectivity index (χ0n) is 12.8. The lowest BCUT2D eigenvalue weighted by molar-refractivity contribution is 0.00695. The Morgan fingerprint density at radius 2 is 1.85 bits per heavy atom. The number of esters is 1. The average molecular weight is 276 g/mol. The monoisotopic (exact) mass is 276 g/mol. The van der Waals surface area contributed by atoms with E-state index >= 15 is 0 Å². The number of methoxy groups -OCH3 is 1. The number of hydrogen-bond acceptors (Lipinski definition) is 3. The van der Waals surface area contributed by atoms with E-state index in [1.165, 1.54) is 5.56 Å². The average Bonchev–Trinajstić information content (AvgIpc) is 2.37. The van der Waals surface area contributed by atoms with Gasteiger partial charge in [0.05, 0.1) is 18.9 Å². The van der Waals surface area contributed by atoms with Crippen LogP contribution < -0.4 is 0 Å². The van der Waals surface area contributed by atoms with Gasteiger partial charge in [-0.1, -0.05) is 12.1 Å². The maximum absolute atomic E-state index is 11.9. The summed E-state index contributed by atoms with van der Waals surface area (Å²) < 4.78 is 10.2. The molecule has 0 aromatic heterocycles. The third-order valence-electron chi connectivity index (χ3n) is 2.66. The van der Waals surface area contributed by atoms with Crippen molar-refractivity contribution in [2.75, 3.05) is 7.11 Å². The highest BCUT2D eigenvalue weighted by Gasteiger charge is 2.17. The summed E-state index contributed by atoms with van der Waals surface area (Å²) >= 11 is 0. The molecule has 1 aromatic carbocycles. The fourth-order valence-electron chi connectivity index (χ4n) is 1.73. The topological polar surface area (TPSA) is 35.5 Å². The van der Waals surface area contributed by atoms with E-state index in [0.717, 1.165) is 19.3 Å². The van der Waals surface area contributed by atoms with E-state index in [-0.39, 0.29) is 5.97 Å². The summed E-state index contributed by atoms with van der Waals surface area (Å²) in [5, 5.41) is 0. The molecular formula is C17H24O3. The third-order valence-corrected chi connectivity index (χ3v) is 2.66. The molecule has 0 heterocycles. The van der Waals surface area contributed by atoms with Crippen molar-refractivity contribution in [2.45, 2.75) is 45.6 Å². The molecule has 0 spiro atoms. The maximum Gasteiger partial charge on any atom is 0.338 e. The SMILES string of the molecule is CO/C=C\CCCc1ccc(C(=O)OC(C)(C)C)cc1. The second-order valence-corrected chi connectivity index (χ2v) is 5.70. The molecule has 3 heteroatoms. The minimum absolute atomic E-state index is 0.271. The summed E-state index contributed by atoms with van der Waals surface area (Å²) in [6.45, 7) is 5.60. The molecule has 0 N–H and O–H groups in total. The number of carbonyl (C=O) groups is 1. The van der Waals surface area contributed by atoms with Gasteiger partial charge < -0.3 is 9.47 Å². The van der Waals surface area contributed by atoms with Crippen LogP contribution in [0.4, 0.5) is 0 Å². The van der Waals surface area contributed by atoms with Gasteiger partial charge >= 0.3 is 5.97 Å². The van der Waals surface area contributed by atoms with Crippen LogP contribution in [0.15, 0.2) is 36.6 Å². The molecule has 110 valence electrons. The molecule has 0 aliphatic carbocycles. The molecule has 3 nitrogen and oxygen atoms in total. The zero-order chi connectivity index (χ0) is 15.0. The number of hydrogen-bond donors (Lipinski definition) is 0. The Labute approximate surface area is 121 Å². The fraction of sp³-hybridized carbons (Fsp3) is 0.471. The first kappa shape index (κ1) is 16.3. The van der Waals surface area contributed by atoms with Gasteiger partial charge in [-0.15, -0.1) is 0 Å². The fourth-order valence-corrected chi connectivity index (χ4v) is 1.73. The minimum Gasteiger partial charge on any atom is -0.505 e. The summed E-state index contributed by atoms with van der Waals surface area (Å²) in [7, 11) is 1.64. The van der Waals surface area contributed by atoms with Crippen LogP contribution in [0.25, 0.3) is 0 Å². The third kappa shape index (κ3) is 6.41. The Bertz CT molecular complexity index is 438. The van der Waals surface area contributed by atoms with Crippen LogP contribution in [-0.4, -0.2) is 18.7 Å². The van der Waals surface area contributed by atoms with Crippen molar-refractivity contribution in [3.8, 4) is 0 Å². The van der Waals surface area contributed by atoms with Gasteiger partial charge in [0.2, 0.25) is 0 Å². The Balaban J connectivity index is 2.48. The molecule has 0 aliphatic heterocycles. The molecule has 0 bridgehead atoms. The molecule has 20 heavy (non-hydrogen) atoms. The molecule has 1 aromatic rings. The molecule has 0 aliphatic rings. The first-order chi connectivity index (χ1) is 9.42. The first-order valence-electron chi connectivity index (χ1n) is 6.92. The van der Waals surface area contributed by atoms with E-state index in [1.54, 1.807) is 13.4 Å². The predicted molar refractivity (Wildman–Crippen MR) is 80.7 cm³/mol. The van der Waals surface area contributed by atoms with Crippen molar-refractivity contribution in [1.82, 2.24) is 0 Å². The zero-order valence-corrected chi connectivity index (χ0v) is 12.8. The summed E-state index contributed by atoms with van der Waals surface area (Å²) in [6.07, 6.45) is 6.75. The van der Waals surface area contributed by atoms with Gasteiger partial charge in [-0.05, 0) is 63.8 Å². The Kier molecular flexibility index (Phi) is 6.29. The highest BCUT2D eigenvalue weighted by Crippen LogP contribution is 2.14. The molecule has 0 atom stereocenters. The van der Waals surface area contributed by atoms with Gasteiger partial charge in [0.25, 0.3) is 0 Å². The van der Waals surface area contributed by atoms with Crippen LogP contribution in [-0.2, 0) is 15.9 Å². The van der Waals surface area contributed by atoms with Crippen LogP contribution in [0, 0.1) is 0 Å². The number of allylic oxidation sites excluding steroid dienone is 1. The van der Waals surface area contributed by atoms with Gasteiger partial charge in [-0.2, -0.15) is 0 Å². The summed E-state index contributed by atoms with van der Waals surface area (Å²) in [5.41, 5.74) is 1.37. The molecule has 0 saturated heterocycles. The second kappa shape index (κ2) is 7.73. The lowest BCUT2D eigenvalue weighted by atomic mass is 10.1. The van der Waals surface area contributed by atoms with Crippen LogP contribution >= 0.6 is 0 Å². The molecule has 0 fully saturated rings. The number of benzene rings is 1. The smallest absolute Gasteiger partial charge is 0.338 e. The molecular weight excluding hydrogens is 252 g/mol. The summed E-state index contributed by atoms with van der Waals surface area (Å²) in [6, 6.07) is 7.63. The normalized spacial score (nSPS) is 11.6. The van der Waals surface area contributed by atoms with E-state index in [9.17, 15) is 4.79 Å². The molecule has 1 rings (SSSR count). The number of aryl methyl sites for hydroxylation is 1. The Morgan fingerprint density at radius 3 is 2.40 bits per heavy atom. The Hall–Kier alpha value is -1.77. The largest absolute Gasteiger partial charge is 0.505 e. The summed E-state index contributed by atoms with van der Waals surface area (Å²) in [4.78, 5) is 11.9. The summed E-state index contributed by atoms with van der Waals surface area (Å²) in [5.74, 6) is -0.271. The lowest BCUT2D eigenvalue weighted by Gasteiger charge is -2.19. The van der Waals surface area contributed by atoms with Crippen LogP contribution in [0.2, 0.25) is 0 Å². The molecule has 0 radical (unpaired) electrons. The van der Waals surface area contributed by atoms with Crippen molar-refractivity contribution in [2.24, 2.45) is 0 Å². The van der Waals surface area contributed by atoms with Crippen molar-refractivity contribution in [3.63, 3.8) is 0 Å². The molecule has 0 saturated carbocycles. The van der Waals surface area contributed by atoms with Gasteiger partial charge in [0.15, 0.2) is 0 Å². The first-order valence-corrected chi connectivity index (χ1v) is 6.92. The van der Waals surface area contributed by atoms with Gasteiger partial charge in [-0.25, -0.2) is 4.79 Å². The number of carbonyl (C=O) groups excluding carboxylic acids is 1. The van der Waals surface area contributed by atoms with E-state index in [4.69, 9.17) is 9.47 Å². The van der Waals surface area contributed by atoms with Gasteiger partial charge in [0.1, 0.15) is 5.60 Å². The van der Waals surface area contributed by atoms with E-state index in [2.05, 4.69) is 0 Å². The van der Waals surface area contributed by atoms with E-state index in [1.807, 2.05) is 51.1 Å². The minimum atomic E-state index is -0.455. The number of ether oxygens (including phenoxy) is 2. The maximum atomic E-state index is 11.9. The molecule has 0 amide bonds. The van der Waals surface area contributed by atoms with Gasteiger partial charge in [-0.3, -0.25) is 0 Å². The van der Waals surface area contributed by atoms with Crippen LogP contribution in [0.3, 0.4) is 0 Å². The van der Waals surface area contributed by atoms with Crippen molar-refractivity contribution < 1.29 is 14.3 Å². The van der Waals surface area contributed by atoms with E-state index < -0.39 is 5.60 Å². The Morgan fingerprint density at radius 1 is 1.20 bits per heavy atom.